The monoisotopic (exact) mass is 253 g/mol. The fourth-order valence-electron chi connectivity index (χ4n) is 3.28. The Morgan fingerprint density at radius 3 is 2.28 bits per heavy atom. The average Bonchev–Trinajstić information content (AvgIpc) is 2.40. The molecule has 0 bridgehead atoms. The van der Waals surface area contributed by atoms with Crippen LogP contribution in [0.3, 0.4) is 0 Å². The van der Waals surface area contributed by atoms with Crippen molar-refractivity contribution in [1.82, 2.24) is 15.1 Å². The molecule has 1 N–H and O–H groups in total. The minimum atomic E-state index is 0.790. The maximum atomic E-state index is 3.82. The van der Waals surface area contributed by atoms with E-state index in [1.54, 1.807) is 0 Å². The number of hydrogen-bond donors (Lipinski definition) is 1. The number of nitrogens with zero attached hydrogens (tertiary/aromatic N) is 2. The van der Waals surface area contributed by atoms with Crippen LogP contribution in [0, 0.1) is 5.92 Å². The molecule has 2 aliphatic heterocycles. The summed E-state index contributed by atoms with van der Waals surface area (Å²) in [6.45, 7) is 10.0. The van der Waals surface area contributed by atoms with Crippen LogP contribution in [0.5, 0.6) is 0 Å². The third kappa shape index (κ3) is 4.52. The van der Waals surface area contributed by atoms with Crippen LogP contribution in [0.2, 0.25) is 0 Å². The van der Waals surface area contributed by atoms with Gasteiger partial charge in [-0.05, 0) is 84.3 Å². The van der Waals surface area contributed by atoms with Crippen LogP contribution in [0.15, 0.2) is 0 Å². The fraction of sp³-hybridized carbons (Fsp3) is 1.00. The zero-order chi connectivity index (χ0) is 12.8. The van der Waals surface area contributed by atoms with E-state index in [1.165, 1.54) is 71.4 Å². The zero-order valence-electron chi connectivity index (χ0n) is 12.3. The molecule has 0 atom stereocenters. The highest BCUT2D eigenvalue weighted by molar-refractivity contribution is 4.79. The van der Waals surface area contributed by atoms with Crippen molar-refractivity contribution in [3.63, 3.8) is 0 Å². The van der Waals surface area contributed by atoms with Gasteiger partial charge < -0.3 is 15.1 Å². The van der Waals surface area contributed by atoms with Gasteiger partial charge in [0.2, 0.25) is 0 Å². The van der Waals surface area contributed by atoms with Crippen LogP contribution in [-0.4, -0.2) is 62.2 Å². The smallest absolute Gasteiger partial charge is 0.00915 e. The van der Waals surface area contributed by atoms with Crippen molar-refractivity contribution in [2.75, 3.05) is 46.3 Å². The standard InChI is InChI=1S/C15H31N3/c1-3-8-18-11-6-15(7-12-18)16-13-14-4-9-17(2)10-5-14/h14-16H,3-13H2,1-2H3. The highest BCUT2D eigenvalue weighted by Gasteiger charge is 2.21. The summed E-state index contributed by atoms with van der Waals surface area (Å²) >= 11 is 0. The van der Waals surface area contributed by atoms with Gasteiger partial charge in [0.1, 0.15) is 0 Å². The van der Waals surface area contributed by atoms with Crippen LogP contribution in [0.25, 0.3) is 0 Å². The van der Waals surface area contributed by atoms with Gasteiger partial charge in [-0.25, -0.2) is 0 Å². The Bertz CT molecular complexity index is 216. The van der Waals surface area contributed by atoms with Crippen molar-refractivity contribution in [3.05, 3.63) is 0 Å². The van der Waals surface area contributed by atoms with E-state index in [0.717, 1.165) is 12.0 Å². The molecule has 0 aromatic heterocycles. The van der Waals surface area contributed by atoms with E-state index in [9.17, 15) is 0 Å². The topological polar surface area (TPSA) is 18.5 Å². The molecule has 0 amide bonds. The maximum Gasteiger partial charge on any atom is 0.00915 e. The number of nitrogens with one attached hydrogen (secondary N) is 1. The first-order valence-corrected chi connectivity index (χ1v) is 7.92. The lowest BCUT2D eigenvalue weighted by Gasteiger charge is -2.34. The van der Waals surface area contributed by atoms with Crippen LogP contribution >= 0.6 is 0 Å². The molecule has 18 heavy (non-hydrogen) atoms. The summed E-state index contributed by atoms with van der Waals surface area (Å²) in [5, 5.41) is 3.82. The van der Waals surface area contributed by atoms with Crippen molar-refractivity contribution in [1.29, 1.82) is 0 Å². The van der Waals surface area contributed by atoms with Gasteiger partial charge in [-0.1, -0.05) is 6.92 Å². The number of likely N-dealkylation sites (tertiary alicyclic amines) is 2. The van der Waals surface area contributed by atoms with Gasteiger partial charge in [0.25, 0.3) is 0 Å². The van der Waals surface area contributed by atoms with Crippen LogP contribution in [0.4, 0.5) is 0 Å². The van der Waals surface area contributed by atoms with E-state index in [-0.39, 0.29) is 0 Å². The Kier molecular flexibility index (Phi) is 5.93. The Morgan fingerprint density at radius 2 is 1.67 bits per heavy atom. The van der Waals surface area contributed by atoms with Crippen LogP contribution < -0.4 is 5.32 Å². The lowest BCUT2D eigenvalue weighted by molar-refractivity contribution is 0.180. The molecule has 0 radical (unpaired) electrons. The average molecular weight is 253 g/mol. The molecule has 2 fully saturated rings. The molecule has 0 unspecified atom stereocenters. The maximum absolute atomic E-state index is 3.82. The Morgan fingerprint density at radius 1 is 1.00 bits per heavy atom. The van der Waals surface area contributed by atoms with Gasteiger partial charge in [-0.3, -0.25) is 0 Å². The largest absolute Gasteiger partial charge is 0.314 e. The third-order valence-corrected chi connectivity index (χ3v) is 4.66. The molecule has 0 aromatic rings. The fourth-order valence-corrected chi connectivity index (χ4v) is 3.28. The van der Waals surface area contributed by atoms with Crippen molar-refractivity contribution in [2.45, 2.75) is 45.1 Å². The van der Waals surface area contributed by atoms with Gasteiger partial charge >= 0.3 is 0 Å². The molecule has 2 heterocycles. The first kappa shape index (κ1) is 14.3. The molecular formula is C15H31N3. The SMILES string of the molecule is CCCN1CCC(NCC2CCN(C)CC2)CC1. The number of rotatable bonds is 5. The Hall–Kier alpha value is -0.120. The molecule has 0 spiro atoms. The highest BCUT2D eigenvalue weighted by Crippen LogP contribution is 2.16. The summed E-state index contributed by atoms with van der Waals surface area (Å²) in [6.07, 6.45) is 6.78. The van der Waals surface area contributed by atoms with Crippen LogP contribution in [-0.2, 0) is 0 Å². The van der Waals surface area contributed by atoms with E-state index >= 15 is 0 Å². The van der Waals surface area contributed by atoms with Crippen molar-refractivity contribution in [3.8, 4) is 0 Å². The summed E-state index contributed by atoms with van der Waals surface area (Å²) in [5.74, 6) is 0.926. The van der Waals surface area contributed by atoms with Gasteiger partial charge in [-0.15, -0.1) is 0 Å². The molecule has 0 aliphatic carbocycles. The Balaban J connectivity index is 1.57. The third-order valence-electron chi connectivity index (χ3n) is 4.66. The molecule has 3 nitrogen and oxygen atoms in total. The van der Waals surface area contributed by atoms with Gasteiger partial charge in [0, 0.05) is 6.04 Å². The van der Waals surface area contributed by atoms with Gasteiger partial charge in [0.05, 0.1) is 0 Å². The molecule has 2 aliphatic rings. The zero-order valence-corrected chi connectivity index (χ0v) is 12.3. The van der Waals surface area contributed by atoms with Gasteiger partial charge in [0.15, 0.2) is 0 Å². The van der Waals surface area contributed by atoms with Crippen molar-refractivity contribution in [2.24, 2.45) is 5.92 Å². The summed E-state index contributed by atoms with van der Waals surface area (Å²) in [7, 11) is 2.24. The molecule has 0 aromatic carbocycles. The van der Waals surface area contributed by atoms with Crippen molar-refractivity contribution < 1.29 is 0 Å². The minimum absolute atomic E-state index is 0.790. The second-order valence-electron chi connectivity index (χ2n) is 6.27. The van der Waals surface area contributed by atoms with Crippen molar-refractivity contribution >= 4 is 0 Å². The van der Waals surface area contributed by atoms with Crippen LogP contribution in [0.1, 0.15) is 39.0 Å². The summed E-state index contributed by atoms with van der Waals surface area (Å²) < 4.78 is 0. The summed E-state index contributed by atoms with van der Waals surface area (Å²) in [4.78, 5) is 5.08. The lowest BCUT2D eigenvalue weighted by Crippen LogP contribution is -2.45. The summed E-state index contributed by atoms with van der Waals surface area (Å²) in [5.41, 5.74) is 0. The summed E-state index contributed by atoms with van der Waals surface area (Å²) in [6, 6.07) is 0.790. The molecule has 2 rings (SSSR count). The Labute approximate surface area is 113 Å². The minimum Gasteiger partial charge on any atom is -0.314 e. The molecule has 106 valence electrons. The second kappa shape index (κ2) is 7.46. The first-order chi connectivity index (χ1) is 8.78. The van der Waals surface area contributed by atoms with E-state index in [4.69, 9.17) is 0 Å². The molecule has 3 heteroatoms. The van der Waals surface area contributed by atoms with Gasteiger partial charge in [-0.2, -0.15) is 0 Å². The normalized spacial score (nSPS) is 25.7. The highest BCUT2D eigenvalue weighted by atomic mass is 15.1. The number of piperidine rings is 2. The molecule has 2 saturated heterocycles. The lowest BCUT2D eigenvalue weighted by atomic mass is 9.96. The predicted octanol–water partition coefficient (Wildman–Crippen LogP) is 1.79. The van der Waals surface area contributed by atoms with E-state index in [0.29, 0.717) is 0 Å². The first-order valence-electron chi connectivity index (χ1n) is 7.92. The van der Waals surface area contributed by atoms with E-state index in [1.807, 2.05) is 0 Å². The van der Waals surface area contributed by atoms with E-state index in [2.05, 4.69) is 29.1 Å². The quantitative estimate of drug-likeness (QED) is 0.806. The number of hydrogen-bond acceptors (Lipinski definition) is 3. The van der Waals surface area contributed by atoms with E-state index < -0.39 is 0 Å². The predicted molar refractivity (Wildman–Crippen MR) is 78.0 cm³/mol. The second-order valence-corrected chi connectivity index (χ2v) is 6.27. The molecule has 0 saturated carbocycles. The molecular weight excluding hydrogens is 222 g/mol.